The zero-order valence-electron chi connectivity index (χ0n) is 14.4. The number of ketones is 1. The van der Waals surface area contributed by atoms with Crippen molar-refractivity contribution >= 4 is 29.6 Å². The monoisotopic (exact) mass is 356 g/mol. The number of benzene rings is 2. The van der Waals surface area contributed by atoms with E-state index in [-0.39, 0.29) is 23.1 Å². The fourth-order valence-electron chi connectivity index (χ4n) is 2.17. The van der Waals surface area contributed by atoms with Crippen LogP contribution in [0.25, 0.3) is 6.08 Å². The van der Waals surface area contributed by atoms with E-state index in [1.165, 1.54) is 31.0 Å². The number of thioether (sulfide) groups is 1. The van der Waals surface area contributed by atoms with Crippen molar-refractivity contribution in [1.29, 1.82) is 0 Å². The minimum absolute atomic E-state index is 0.0334. The topological polar surface area (TPSA) is 63.6 Å². The molecule has 0 bridgehead atoms. The molecule has 0 aliphatic rings. The van der Waals surface area contributed by atoms with Gasteiger partial charge in [0.1, 0.15) is 10.5 Å². The number of aromatic hydroxyl groups is 1. The average Bonchev–Trinajstić information content (AvgIpc) is 2.60. The molecular weight excluding hydrogens is 336 g/mol. The summed E-state index contributed by atoms with van der Waals surface area (Å²) in [6, 6.07) is 13.9. The molecule has 0 heterocycles. The van der Waals surface area contributed by atoms with Crippen molar-refractivity contribution in [3.05, 3.63) is 65.7 Å². The predicted molar refractivity (Wildman–Crippen MR) is 99.9 cm³/mol. The van der Waals surface area contributed by atoms with Crippen LogP contribution in [-0.2, 0) is 9.53 Å². The first-order valence-corrected chi connectivity index (χ1v) is 8.53. The van der Waals surface area contributed by atoms with Gasteiger partial charge in [-0.05, 0) is 49.8 Å². The lowest BCUT2D eigenvalue weighted by atomic mass is 10.1. The van der Waals surface area contributed by atoms with Crippen molar-refractivity contribution in [3.63, 3.8) is 0 Å². The Morgan fingerprint density at radius 1 is 1.08 bits per heavy atom. The molecule has 2 aromatic carbocycles. The molecule has 130 valence electrons. The van der Waals surface area contributed by atoms with Gasteiger partial charge in [0.2, 0.25) is 0 Å². The summed E-state index contributed by atoms with van der Waals surface area (Å²) in [6.07, 6.45) is 3.12. The van der Waals surface area contributed by atoms with E-state index >= 15 is 0 Å². The Kier molecular flexibility index (Phi) is 6.04. The van der Waals surface area contributed by atoms with Gasteiger partial charge in [-0.15, -0.1) is 11.8 Å². The van der Waals surface area contributed by atoms with Crippen LogP contribution in [0.3, 0.4) is 0 Å². The van der Waals surface area contributed by atoms with Crippen LogP contribution in [0.15, 0.2) is 59.5 Å². The van der Waals surface area contributed by atoms with Crippen LogP contribution >= 0.6 is 11.8 Å². The summed E-state index contributed by atoms with van der Waals surface area (Å²) in [6.45, 7) is 3.62. The third kappa shape index (κ3) is 4.97. The Labute approximate surface area is 151 Å². The van der Waals surface area contributed by atoms with Gasteiger partial charge in [0.25, 0.3) is 0 Å². The lowest BCUT2D eigenvalue weighted by Gasteiger charge is -2.20. The summed E-state index contributed by atoms with van der Waals surface area (Å²) in [5, 5.41) is 9.69. The van der Waals surface area contributed by atoms with Crippen LogP contribution in [0.4, 0.5) is 0 Å². The van der Waals surface area contributed by atoms with Gasteiger partial charge in [0.15, 0.2) is 5.78 Å². The third-order valence-corrected chi connectivity index (χ3v) is 4.71. The van der Waals surface area contributed by atoms with E-state index in [2.05, 4.69) is 0 Å². The molecule has 0 radical (unpaired) electrons. The van der Waals surface area contributed by atoms with E-state index in [0.29, 0.717) is 0 Å². The zero-order chi connectivity index (χ0) is 18.4. The highest BCUT2D eigenvalue weighted by molar-refractivity contribution is 8.01. The van der Waals surface area contributed by atoms with Crippen LogP contribution < -0.4 is 0 Å². The average molecular weight is 356 g/mol. The first-order chi connectivity index (χ1) is 11.8. The second-order valence-electron chi connectivity index (χ2n) is 5.89. The van der Waals surface area contributed by atoms with Gasteiger partial charge in [0, 0.05) is 4.90 Å². The van der Waals surface area contributed by atoms with Gasteiger partial charge < -0.3 is 9.84 Å². The Morgan fingerprint density at radius 3 is 2.32 bits per heavy atom. The van der Waals surface area contributed by atoms with Gasteiger partial charge in [-0.1, -0.05) is 30.3 Å². The summed E-state index contributed by atoms with van der Waals surface area (Å²) in [4.78, 5) is 24.8. The number of hydrogen-bond acceptors (Lipinski definition) is 5. The number of hydrogen-bond donors (Lipinski definition) is 1. The molecule has 0 aliphatic heterocycles. The molecule has 2 rings (SSSR count). The van der Waals surface area contributed by atoms with E-state index in [1.807, 2.05) is 38.1 Å². The molecule has 0 fully saturated rings. The van der Waals surface area contributed by atoms with Crippen LogP contribution in [0, 0.1) is 0 Å². The fourth-order valence-corrected chi connectivity index (χ4v) is 3.20. The first kappa shape index (κ1) is 18.8. The molecular formula is C20H20O4S. The van der Waals surface area contributed by atoms with Crippen molar-refractivity contribution in [3.8, 4) is 5.75 Å². The molecule has 5 heteroatoms. The molecule has 1 N–H and O–H groups in total. The minimum atomic E-state index is -0.674. The van der Waals surface area contributed by atoms with Gasteiger partial charge in [-0.3, -0.25) is 9.59 Å². The minimum Gasteiger partial charge on any atom is -0.507 e. The van der Waals surface area contributed by atoms with Crippen molar-refractivity contribution in [2.75, 3.05) is 7.11 Å². The maximum absolute atomic E-state index is 12.1. The second-order valence-corrected chi connectivity index (χ2v) is 7.58. The number of carbonyl (C=O) groups excluding carboxylic acids is 2. The molecule has 0 aromatic heterocycles. The molecule has 0 unspecified atom stereocenters. The molecule has 0 aliphatic carbocycles. The SMILES string of the molecule is COC(=O)C(C)(C)Sc1ccc(/C=C/C(=O)c2ccccc2O)cc1. The number of phenolic OH excluding ortho intramolecular Hbond substituents is 1. The fraction of sp³-hybridized carbons (Fsp3) is 0.200. The normalized spacial score (nSPS) is 11.5. The zero-order valence-corrected chi connectivity index (χ0v) is 15.2. The quantitative estimate of drug-likeness (QED) is 0.361. The number of para-hydroxylation sites is 1. The van der Waals surface area contributed by atoms with Crippen molar-refractivity contribution in [1.82, 2.24) is 0 Å². The lowest BCUT2D eigenvalue weighted by molar-refractivity contribution is -0.142. The largest absolute Gasteiger partial charge is 0.507 e. The van der Waals surface area contributed by atoms with Crippen molar-refractivity contribution in [2.45, 2.75) is 23.5 Å². The van der Waals surface area contributed by atoms with Crippen LogP contribution in [0.1, 0.15) is 29.8 Å². The summed E-state index contributed by atoms with van der Waals surface area (Å²) < 4.78 is 4.12. The number of ether oxygens (including phenoxy) is 1. The molecule has 0 saturated carbocycles. The van der Waals surface area contributed by atoms with Gasteiger partial charge in [-0.2, -0.15) is 0 Å². The molecule has 0 spiro atoms. The Balaban J connectivity index is 2.06. The van der Waals surface area contributed by atoms with E-state index < -0.39 is 4.75 Å². The standard InChI is InChI=1S/C20H20O4S/c1-20(2,19(23)24-3)25-15-11-8-14(9-12-15)10-13-18(22)16-6-4-5-7-17(16)21/h4-13,21H,1-3H3/b13-10+. The second kappa shape index (κ2) is 8.03. The van der Waals surface area contributed by atoms with Crippen LogP contribution in [0.2, 0.25) is 0 Å². The molecule has 25 heavy (non-hydrogen) atoms. The van der Waals surface area contributed by atoms with Crippen LogP contribution in [-0.4, -0.2) is 28.7 Å². The van der Waals surface area contributed by atoms with E-state index in [4.69, 9.17) is 4.74 Å². The maximum Gasteiger partial charge on any atom is 0.321 e. The number of rotatable bonds is 6. The van der Waals surface area contributed by atoms with E-state index in [0.717, 1.165) is 10.5 Å². The first-order valence-electron chi connectivity index (χ1n) is 7.71. The summed E-state index contributed by atoms with van der Waals surface area (Å²) >= 11 is 1.41. The smallest absolute Gasteiger partial charge is 0.321 e. The van der Waals surface area contributed by atoms with E-state index in [9.17, 15) is 14.7 Å². The van der Waals surface area contributed by atoms with Crippen LogP contribution in [0.5, 0.6) is 5.75 Å². The van der Waals surface area contributed by atoms with Crippen molar-refractivity contribution in [2.24, 2.45) is 0 Å². The highest BCUT2D eigenvalue weighted by Gasteiger charge is 2.29. The number of phenols is 1. The van der Waals surface area contributed by atoms with Gasteiger partial charge in [0.05, 0.1) is 12.7 Å². The molecule has 0 amide bonds. The third-order valence-electron chi connectivity index (χ3n) is 3.53. The lowest BCUT2D eigenvalue weighted by Crippen LogP contribution is -2.28. The van der Waals surface area contributed by atoms with Crippen molar-refractivity contribution < 1.29 is 19.4 Å². The van der Waals surface area contributed by atoms with Gasteiger partial charge in [-0.25, -0.2) is 0 Å². The number of esters is 1. The van der Waals surface area contributed by atoms with E-state index in [1.54, 1.807) is 24.3 Å². The molecule has 2 aromatic rings. The number of methoxy groups -OCH3 is 1. The Bertz CT molecular complexity index is 792. The Morgan fingerprint density at radius 2 is 1.72 bits per heavy atom. The predicted octanol–water partition coefficient (Wildman–Crippen LogP) is 4.33. The molecule has 4 nitrogen and oxygen atoms in total. The number of allylic oxidation sites excluding steroid dienone is 1. The van der Waals surface area contributed by atoms with Gasteiger partial charge >= 0.3 is 5.97 Å². The highest BCUT2D eigenvalue weighted by atomic mass is 32.2. The molecule has 0 atom stereocenters. The highest BCUT2D eigenvalue weighted by Crippen LogP contribution is 2.33. The Hall–Kier alpha value is -2.53. The summed E-state index contributed by atoms with van der Waals surface area (Å²) in [5.41, 5.74) is 1.12. The summed E-state index contributed by atoms with van der Waals surface area (Å²) in [7, 11) is 1.38. The molecule has 0 saturated heterocycles. The summed E-state index contributed by atoms with van der Waals surface area (Å²) in [5.74, 6) is -0.577. The number of carbonyl (C=O) groups is 2. The maximum atomic E-state index is 12.1.